The zero-order chi connectivity index (χ0) is 17.9. The van der Waals surface area contributed by atoms with E-state index in [1.807, 2.05) is 24.3 Å². The predicted molar refractivity (Wildman–Crippen MR) is 104 cm³/mol. The first-order chi connectivity index (χ1) is 12.7. The van der Waals surface area contributed by atoms with E-state index in [1.54, 1.807) is 13.4 Å². The second-order valence-electron chi connectivity index (χ2n) is 6.20. The highest BCUT2D eigenvalue weighted by molar-refractivity contribution is 5.75. The van der Waals surface area contributed by atoms with Crippen molar-refractivity contribution in [1.29, 1.82) is 0 Å². The van der Waals surface area contributed by atoms with E-state index in [0.29, 0.717) is 0 Å². The molecule has 0 unspecified atom stereocenters. The predicted octanol–water partition coefficient (Wildman–Crippen LogP) is 5.99. The maximum Gasteiger partial charge on any atom is 0.152 e. The van der Waals surface area contributed by atoms with Crippen molar-refractivity contribution < 1.29 is 9.15 Å². The molecule has 0 fully saturated rings. The van der Waals surface area contributed by atoms with Crippen LogP contribution in [0.3, 0.4) is 0 Å². The van der Waals surface area contributed by atoms with Crippen LogP contribution < -0.4 is 4.74 Å². The topological polar surface area (TPSA) is 35.3 Å². The molecule has 26 heavy (non-hydrogen) atoms. The Bertz CT molecular complexity index is 1000. The molecular weight excluding hydrogens is 322 g/mol. The lowest BCUT2D eigenvalue weighted by Gasteiger charge is -2.10. The van der Waals surface area contributed by atoms with Gasteiger partial charge in [-0.15, -0.1) is 0 Å². The second-order valence-corrected chi connectivity index (χ2v) is 6.20. The molecule has 128 valence electrons. The molecule has 0 aliphatic rings. The van der Waals surface area contributed by atoms with Crippen LogP contribution in [-0.4, -0.2) is 12.1 Å². The number of hydrogen-bond donors (Lipinski definition) is 0. The van der Waals surface area contributed by atoms with Crippen LogP contribution >= 0.6 is 0 Å². The minimum atomic E-state index is 0.758. The molecule has 0 atom stereocenters. The van der Waals surface area contributed by atoms with Crippen LogP contribution in [-0.2, 0) is 0 Å². The van der Waals surface area contributed by atoms with Gasteiger partial charge in [0, 0.05) is 5.56 Å². The molecule has 2 aromatic heterocycles. The minimum Gasteiger partial charge on any atom is -0.497 e. The Morgan fingerprint density at radius 1 is 0.769 bits per heavy atom. The lowest BCUT2D eigenvalue weighted by atomic mass is 10.0. The number of benzene rings is 2. The van der Waals surface area contributed by atoms with Gasteiger partial charge in [-0.2, -0.15) is 0 Å². The smallest absolute Gasteiger partial charge is 0.152 e. The molecule has 0 saturated carbocycles. The van der Waals surface area contributed by atoms with E-state index < -0.39 is 0 Å². The largest absolute Gasteiger partial charge is 0.497 e. The van der Waals surface area contributed by atoms with E-state index in [-0.39, 0.29) is 0 Å². The summed E-state index contributed by atoms with van der Waals surface area (Å²) < 4.78 is 10.8. The van der Waals surface area contributed by atoms with Gasteiger partial charge in [-0.05, 0) is 54.4 Å². The maximum atomic E-state index is 5.57. The summed E-state index contributed by atoms with van der Waals surface area (Å²) in [5, 5.41) is 0. The molecule has 0 spiro atoms. The first-order valence-electron chi connectivity index (χ1n) is 8.50. The van der Waals surface area contributed by atoms with Gasteiger partial charge in [0.25, 0.3) is 0 Å². The summed E-state index contributed by atoms with van der Waals surface area (Å²) in [7, 11) is 1.67. The van der Waals surface area contributed by atoms with Gasteiger partial charge in [-0.3, -0.25) is 0 Å². The fourth-order valence-electron chi connectivity index (χ4n) is 2.90. The van der Waals surface area contributed by atoms with E-state index in [4.69, 9.17) is 14.1 Å². The summed E-state index contributed by atoms with van der Waals surface area (Å²) in [4.78, 5) is 4.82. The molecule has 2 aromatic carbocycles. The van der Waals surface area contributed by atoms with Crippen molar-refractivity contribution in [2.24, 2.45) is 0 Å². The van der Waals surface area contributed by atoms with Gasteiger partial charge >= 0.3 is 0 Å². The van der Waals surface area contributed by atoms with Crippen LogP contribution in [0.4, 0.5) is 0 Å². The molecule has 0 radical (unpaired) electrons. The zero-order valence-electron chi connectivity index (χ0n) is 14.8. The van der Waals surface area contributed by atoms with Gasteiger partial charge in [0.05, 0.1) is 19.1 Å². The van der Waals surface area contributed by atoms with Gasteiger partial charge in [0.2, 0.25) is 0 Å². The van der Waals surface area contributed by atoms with Gasteiger partial charge in [-0.1, -0.05) is 42.0 Å². The summed E-state index contributed by atoms with van der Waals surface area (Å²) in [6.07, 6.45) is 1.67. The number of aromatic nitrogens is 1. The molecule has 0 saturated heterocycles. The number of methoxy groups -OCH3 is 1. The van der Waals surface area contributed by atoms with Crippen LogP contribution in [0.1, 0.15) is 5.56 Å². The standard InChI is InChI=1S/C23H19NO2/c1-16-5-7-18(8-6-16)21-14-19(17-9-11-20(25-2)12-10-17)15-22(24-21)23-4-3-13-26-23/h3-15H,1-2H3. The van der Waals surface area contributed by atoms with Crippen molar-refractivity contribution in [2.75, 3.05) is 7.11 Å². The third-order valence-electron chi connectivity index (χ3n) is 4.37. The SMILES string of the molecule is COc1ccc(-c2cc(-c3ccc(C)cc3)nc(-c3ccco3)c2)cc1. The van der Waals surface area contributed by atoms with Crippen LogP contribution in [0.5, 0.6) is 5.75 Å². The number of furan rings is 1. The first-order valence-corrected chi connectivity index (χ1v) is 8.50. The lowest BCUT2D eigenvalue weighted by molar-refractivity contribution is 0.415. The maximum absolute atomic E-state index is 5.57. The van der Waals surface area contributed by atoms with Crippen molar-refractivity contribution >= 4 is 0 Å². The first kappa shape index (κ1) is 16.2. The summed E-state index contributed by atoms with van der Waals surface area (Å²) >= 11 is 0. The van der Waals surface area contributed by atoms with Crippen molar-refractivity contribution in [1.82, 2.24) is 4.98 Å². The fraction of sp³-hybridized carbons (Fsp3) is 0.0870. The van der Waals surface area contributed by atoms with E-state index in [1.165, 1.54) is 5.56 Å². The van der Waals surface area contributed by atoms with Gasteiger partial charge < -0.3 is 9.15 Å². The fourth-order valence-corrected chi connectivity index (χ4v) is 2.90. The Morgan fingerprint density at radius 2 is 1.46 bits per heavy atom. The number of aryl methyl sites for hydroxylation is 1. The van der Waals surface area contributed by atoms with Crippen molar-refractivity contribution in [3.8, 4) is 39.6 Å². The number of rotatable bonds is 4. The average Bonchev–Trinajstić information content (AvgIpc) is 3.23. The Kier molecular flexibility index (Phi) is 4.28. The van der Waals surface area contributed by atoms with E-state index in [0.717, 1.165) is 39.6 Å². The summed E-state index contributed by atoms with van der Waals surface area (Å²) in [6, 6.07) is 24.4. The molecule has 0 aliphatic heterocycles. The molecular formula is C23H19NO2. The highest BCUT2D eigenvalue weighted by Crippen LogP contribution is 2.31. The average molecular weight is 341 g/mol. The Morgan fingerprint density at radius 3 is 2.12 bits per heavy atom. The summed E-state index contributed by atoms with van der Waals surface area (Å²) in [5.41, 5.74) is 6.24. The van der Waals surface area contributed by atoms with Crippen LogP contribution in [0, 0.1) is 6.92 Å². The molecule has 0 amide bonds. The Hall–Kier alpha value is -3.33. The number of hydrogen-bond acceptors (Lipinski definition) is 3. The third kappa shape index (κ3) is 3.24. The molecule has 0 aliphatic carbocycles. The van der Waals surface area contributed by atoms with Crippen LogP contribution in [0.2, 0.25) is 0 Å². The number of ether oxygens (including phenoxy) is 1. The van der Waals surface area contributed by atoms with Gasteiger partial charge in [0.1, 0.15) is 11.4 Å². The highest BCUT2D eigenvalue weighted by atomic mass is 16.5. The van der Waals surface area contributed by atoms with Gasteiger partial charge in [-0.25, -0.2) is 4.98 Å². The molecule has 0 bridgehead atoms. The van der Waals surface area contributed by atoms with Crippen molar-refractivity contribution in [2.45, 2.75) is 6.92 Å². The van der Waals surface area contributed by atoms with E-state index in [2.05, 4.69) is 55.5 Å². The Labute approximate surface area is 152 Å². The number of nitrogens with zero attached hydrogens (tertiary/aromatic N) is 1. The monoisotopic (exact) mass is 341 g/mol. The van der Waals surface area contributed by atoms with Crippen LogP contribution in [0.25, 0.3) is 33.8 Å². The summed E-state index contributed by atoms with van der Waals surface area (Å²) in [6.45, 7) is 2.08. The highest BCUT2D eigenvalue weighted by Gasteiger charge is 2.10. The zero-order valence-corrected chi connectivity index (χ0v) is 14.8. The Balaban J connectivity index is 1.85. The second kappa shape index (κ2) is 6.89. The van der Waals surface area contributed by atoms with Crippen molar-refractivity contribution in [3.63, 3.8) is 0 Å². The molecule has 0 N–H and O–H groups in total. The molecule has 3 heteroatoms. The van der Waals surface area contributed by atoms with E-state index in [9.17, 15) is 0 Å². The number of pyridine rings is 1. The molecule has 4 aromatic rings. The molecule has 4 rings (SSSR count). The van der Waals surface area contributed by atoms with Crippen LogP contribution in [0.15, 0.2) is 83.5 Å². The molecule has 2 heterocycles. The normalized spacial score (nSPS) is 10.7. The third-order valence-corrected chi connectivity index (χ3v) is 4.37. The summed E-state index contributed by atoms with van der Waals surface area (Å²) in [5.74, 6) is 1.60. The minimum absolute atomic E-state index is 0.758. The molecule has 3 nitrogen and oxygen atoms in total. The quantitative estimate of drug-likeness (QED) is 0.457. The van der Waals surface area contributed by atoms with E-state index >= 15 is 0 Å². The van der Waals surface area contributed by atoms with Gasteiger partial charge in [0.15, 0.2) is 5.76 Å². The lowest BCUT2D eigenvalue weighted by Crippen LogP contribution is -1.91. The van der Waals surface area contributed by atoms with Crippen molar-refractivity contribution in [3.05, 3.63) is 84.6 Å².